The summed E-state index contributed by atoms with van der Waals surface area (Å²) in [7, 11) is 0. The molecule has 1 aromatic rings. The van der Waals surface area contributed by atoms with Gasteiger partial charge in [0.05, 0.1) is 6.54 Å². The summed E-state index contributed by atoms with van der Waals surface area (Å²) in [4.78, 5) is 12.9. The molecule has 0 saturated heterocycles. The summed E-state index contributed by atoms with van der Waals surface area (Å²) >= 11 is 1.44. The number of amides is 1. The van der Waals surface area contributed by atoms with E-state index in [1.165, 1.54) is 37.0 Å². The predicted molar refractivity (Wildman–Crippen MR) is 83.7 cm³/mol. The Bertz CT molecular complexity index is 512. The number of nitrogens with one attached hydrogen (secondary N) is 1. The van der Waals surface area contributed by atoms with E-state index < -0.39 is 0 Å². The molecule has 2 rings (SSSR count). The lowest BCUT2D eigenvalue weighted by molar-refractivity contribution is 0.0940. The molecule has 1 aliphatic rings. The Morgan fingerprint density at radius 1 is 1.50 bits per heavy atom. The summed E-state index contributed by atoms with van der Waals surface area (Å²) in [5.41, 5.74) is 6.16. The minimum Gasteiger partial charge on any atom is -0.351 e. The summed E-state index contributed by atoms with van der Waals surface area (Å²) in [6, 6.07) is 1.88. The van der Waals surface area contributed by atoms with Crippen LogP contribution in [0.25, 0.3) is 0 Å². The van der Waals surface area contributed by atoms with Crippen LogP contribution in [0.2, 0.25) is 0 Å². The smallest absolute Gasteiger partial charge is 0.262 e. The molecule has 0 aromatic carbocycles. The number of thiophene rings is 1. The van der Waals surface area contributed by atoms with Crippen LogP contribution in [-0.2, 0) is 0 Å². The van der Waals surface area contributed by atoms with E-state index >= 15 is 0 Å². The van der Waals surface area contributed by atoms with Gasteiger partial charge in [-0.25, -0.2) is 0 Å². The second-order valence-electron chi connectivity index (χ2n) is 5.40. The Morgan fingerprint density at radius 3 is 3.05 bits per heavy atom. The highest BCUT2D eigenvalue weighted by Gasteiger charge is 2.22. The lowest BCUT2D eigenvalue weighted by Gasteiger charge is -2.28. The van der Waals surface area contributed by atoms with Crippen LogP contribution in [0.5, 0.6) is 0 Å². The maximum Gasteiger partial charge on any atom is 0.262 e. The lowest BCUT2D eigenvalue weighted by atomic mass is 9.80. The van der Waals surface area contributed by atoms with Crippen molar-refractivity contribution >= 4 is 17.2 Å². The van der Waals surface area contributed by atoms with Crippen LogP contribution in [0.4, 0.5) is 0 Å². The normalized spacial score (nSPS) is 21.9. The van der Waals surface area contributed by atoms with Crippen molar-refractivity contribution in [2.75, 3.05) is 13.1 Å². The van der Waals surface area contributed by atoms with Crippen LogP contribution < -0.4 is 11.1 Å². The Morgan fingerprint density at radius 2 is 2.30 bits per heavy atom. The Hall–Kier alpha value is -1.31. The first-order chi connectivity index (χ1) is 9.72. The van der Waals surface area contributed by atoms with Crippen molar-refractivity contribution in [3.05, 3.63) is 21.9 Å². The molecule has 0 spiro atoms. The maximum absolute atomic E-state index is 12.2. The highest BCUT2D eigenvalue weighted by Crippen LogP contribution is 2.29. The second kappa shape index (κ2) is 7.47. The monoisotopic (exact) mass is 290 g/mol. The zero-order valence-corrected chi connectivity index (χ0v) is 12.8. The fraction of sp³-hybridized carbons (Fsp3) is 0.562. The van der Waals surface area contributed by atoms with Gasteiger partial charge in [0, 0.05) is 12.1 Å². The molecule has 4 heteroatoms. The van der Waals surface area contributed by atoms with Crippen molar-refractivity contribution in [1.29, 1.82) is 0 Å². The molecule has 1 aliphatic carbocycles. The summed E-state index contributed by atoms with van der Waals surface area (Å²) in [6.07, 6.45) is 5.13. The van der Waals surface area contributed by atoms with Crippen LogP contribution in [0.1, 0.15) is 47.8 Å². The molecule has 0 radical (unpaired) electrons. The largest absolute Gasteiger partial charge is 0.351 e. The van der Waals surface area contributed by atoms with E-state index in [0.29, 0.717) is 23.3 Å². The van der Waals surface area contributed by atoms with E-state index in [1.54, 1.807) is 0 Å². The number of hydrogen-bond donors (Lipinski definition) is 2. The highest BCUT2D eigenvalue weighted by atomic mass is 32.1. The zero-order valence-electron chi connectivity index (χ0n) is 11.9. The Balaban J connectivity index is 1.93. The molecule has 0 bridgehead atoms. The van der Waals surface area contributed by atoms with Gasteiger partial charge in [-0.2, -0.15) is 0 Å². The van der Waals surface area contributed by atoms with Gasteiger partial charge in [-0.05, 0) is 29.7 Å². The average Bonchev–Trinajstić information content (AvgIpc) is 2.92. The van der Waals surface area contributed by atoms with Gasteiger partial charge in [-0.1, -0.05) is 38.0 Å². The highest BCUT2D eigenvalue weighted by molar-refractivity contribution is 7.12. The fourth-order valence-electron chi connectivity index (χ4n) is 2.73. The molecule has 1 amide bonds. The fourth-order valence-corrected chi connectivity index (χ4v) is 3.50. The molecule has 1 heterocycles. The zero-order chi connectivity index (χ0) is 14.4. The summed E-state index contributed by atoms with van der Waals surface area (Å²) in [5, 5.41) is 4.98. The standard InChI is InChI=1S/C16H22N2OS/c1-12-5-2-3-6-14(12)11-18-16(19)15-13(7-4-9-17)8-10-20-15/h8,10,12,14H,2-3,5-6,9,11,17H2,1H3,(H,18,19). The Labute approximate surface area is 124 Å². The van der Waals surface area contributed by atoms with E-state index in [1.807, 2.05) is 11.4 Å². The molecular weight excluding hydrogens is 268 g/mol. The second-order valence-corrected chi connectivity index (χ2v) is 6.32. The van der Waals surface area contributed by atoms with Crippen molar-refractivity contribution in [3.8, 4) is 11.8 Å². The van der Waals surface area contributed by atoms with Gasteiger partial charge in [0.2, 0.25) is 0 Å². The summed E-state index contributed by atoms with van der Waals surface area (Å²) in [5.74, 6) is 7.09. The SMILES string of the molecule is CC1CCCCC1CNC(=O)c1sccc1C#CCN. The van der Waals surface area contributed by atoms with Gasteiger partial charge < -0.3 is 11.1 Å². The van der Waals surface area contributed by atoms with E-state index in [4.69, 9.17) is 5.73 Å². The third-order valence-electron chi connectivity index (χ3n) is 4.01. The van der Waals surface area contributed by atoms with Crippen molar-refractivity contribution in [2.24, 2.45) is 17.6 Å². The molecule has 2 atom stereocenters. The molecule has 1 aromatic heterocycles. The van der Waals surface area contributed by atoms with Crippen molar-refractivity contribution in [1.82, 2.24) is 5.32 Å². The topological polar surface area (TPSA) is 55.1 Å². The van der Waals surface area contributed by atoms with Gasteiger partial charge in [0.25, 0.3) is 5.91 Å². The molecule has 3 nitrogen and oxygen atoms in total. The van der Waals surface area contributed by atoms with Crippen LogP contribution in [-0.4, -0.2) is 19.0 Å². The lowest BCUT2D eigenvalue weighted by Crippen LogP contribution is -2.33. The van der Waals surface area contributed by atoms with Gasteiger partial charge in [0.1, 0.15) is 4.88 Å². The number of nitrogens with two attached hydrogens (primary N) is 1. The van der Waals surface area contributed by atoms with Gasteiger partial charge in [0.15, 0.2) is 0 Å². The molecule has 20 heavy (non-hydrogen) atoms. The van der Waals surface area contributed by atoms with Crippen molar-refractivity contribution < 1.29 is 4.79 Å². The summed E-state index contributed by atoms with van der Waals surface area (Å²) < 4.78 is 0. The average molecular weight is 290 g/mol. The predicted octanol–water partition coefficient (Wildman–Crippen LogP) is 2.61. The molecule has 2 unspecified atom stereocenters. The van der Waals surface area contributed by atoms with Crippen molar-refractivity contribution in [3.63, 3.8) is 0 Å². The third kappa shape index (κ3) is 3.84. The first-order valence-corrected chi connectivity index (χ1v) is 8.15. The molecule has 3 N–H and O–H groups in total. The number of hydrogen-bond acceptors (Lipinski definition) is 3. The molecule has 1 fully saturated rings. The van der Waals surface area contributed by atoms with Gasteiger partial charge >= 0.3 is 0 Å². The van der Waals surface area contributed by atoms with Crippen LogP contribution in [0, 0.1) is 23.7 Å². The van der Waals surface area contributed by atoms with Crippen LogP contribution in [0.15, 0.2) is 11.4 Å². The maximum atomic E-state index is 12.2. The number of carbonyl (C=O) groups excluding carboxylic acids is 1. The van der Waals surface area contributed by atoms with Gasteiger partial charge in [-0.15, -0.1) is 11.3 Å². The van der Waals surface area contributed by atoms with E-state index in [9.17, 15) is 4.79 Å². The first-order valence-electron chi connectivity index (χ1n) is 7.27. The summed E-state index contributed by atoms with van der Waals surface area (Å²) in [6.45, 7) is 3.39. The third-order valence-corrected chi connectivity index (χ3v) is 4.92. The van der Waals surface area contributed by atoms with Crippen molar-refractivity contribution in [2.45, 2.75) is 32.6 Å². The van der Waals surface area contributed by atoms with E-state index in [2.05, 4.69) is 24.1 Å². The molecule has 108 valence electrons. The molecule has 1 saturated carbocycles. The van der Waals surface area contributed by atoms with Crippen LogP contribution in [0.3, 0.4) is 0 Å². The van der Waals surface area contributed by atoms with Crippen LogP contribution >= 0.6 is 11.3 Å². The molecule has 0 aliphatic heterocycles. The quantitative estimate of drug-likeness (QED) is 0.841. The van der Waals surface area contributed by atoms with Gasteiger partial charge in [-0.3, -0.25) is 4.79 Å². The first kappa shape index (κ1) is 15.1. The Kier molecular flexibility index (Phi) is 5.63. The number of carbonyl (C=O) groups is 1. The number of rotatable bonds is 3. The molecular formula is C16H22N2OS. The van der Waals surface area contributed by atoms with E-state index in [0.717, 1.165) is 12.1 Å². The minimum absolute atomic E-state index is 0.000838. The minimum atomic E-state index is -0.000838. The van der Waals surface area contributed by atoms with E-state index in [-0.39, 0.29) is 5.91 Å².